The molecule has 5 aromatic carbocycles. The molecule has 8 rings (SSSR count). The van der Waals surface area contributed by atoms with Gasteiger partial charge >= 0.3 is 0 Å². The summed E-state index contributed by atoms with van der Waals surface area (Å²) in [7, 11) is 3.38. The SMILES string of the molecule is COc1ccc(C2(c3ccc(OC)cc3)C=Cc3c4c(c5ccccc5c3O2)-c2ccc(N3CCOCC3)cc2C4(C)C)cc1. The minimum Gasteiger partial charge on any atom is -0.497 e. The molecule has 226 valence electrons. The second-order valence-corrected chi connectivity index (χ2v) is 12.6. The number of fused-ring (bicyclic) bond motifs is 8. The molecule has 0 radical (unpaired) electrons. The fourth-order valence-corrected chi connectivity index (χ4v) is 7.60. The minimum atomic E-state index is -0.846. The fourth-order valence-electron chi connectivity index (χ4n) is 7.60. The highest BCUT2D eigenvalue weighted by molar-refractivity contribution is 6.08. The van der Waals surface area contributed by atoms with Crippen molar-refractivity contribution in [1.29, 1.82) is 0 Å². The van der Waals surface area contributed by atoms with E-state index in [1.807, 2.05) is 24.3 Å². The van der Waals surface area contributed by atoms with Crippen LogP contribution in [0.5, 0.6) is 17.2 Å². The molecule has 5 heteroatoms. The van der Waals surface area contributed by atoms with Crippen LogP contribution >= 0.6 is 0 Å². The number of nitrogens with zero attached hydrogens (tertiary/aromatic N) is 1. The first kappa shape index (κ1) is 27.8. The van der Waals surface area contributed by atoms with Crippen LogP contribution in [-0.4, -0.2) is 40.5 Å². The van der Waals surface area contributed by atoms with Gasteiger partial charge in [-0.25, -0.2) is 0 Å². The summed E-state index contributed by atoms with van der Waals surface area (Å²) in [5.74, 6) is 2.53. The van der Waals surface area contributed by atoms with Crippen LogP contribution in [0.1, 0.15) is 41.7 Å². The number of benzene rings is 5. The number of hydrogen-bond acceptors (Lipinski definition) is 5. The van der Waals surface area contributed by atoms with Gasteiger partial charge in [-0.05, 0) is 70.1 Å². The van der Waals surface area contributed by atoms with E-state index in [0.29, 0.717) is 0 Å². The topological polar surface area (TPSA) is 40.2 Å². The van der Waals surface area contributed by atoms with Crippen LogP contribution in [0.4, 0.5) is 5.69 Å². The van der Waals surface area contributed by atoms with E-state index in [1.165, 1.54) is 33.3 Å². The number of methoxy groups -OCH3 is 2. The Hall–Kier alpha value is -4.74. The molecule has 0 N–H and O–H groups in total. The van der Waals surface area contributed by atoms with Gasteiger partial charge in [0.15, 0.2) is 5.60 Å². The molecular formula is C40H37NO4. The lowest BCUT2D eigenvalue weighted by molar-refractivity contribution is 0.122. The van der Waals surface area contributed by atoms with Gasteiger partial charge in [-0.2, -0.15) is 0 Å². The molecule has 45 heavy (non-hydrogen) atoms. The lowest BCUT2D eigenvalue weighted by atomic mass is 9.76. The molecule has 1 saturated heterocycles. The molecular weight excluding hydrogens is 558 g/mol. The van der Waals surface area contributed by atoms with Gasteiger partial charge in [0.2, 0.25) is 0 Å². The Bertz CT molecular complexity index is 1900. The van der Waals surface area contributed by atoms with Crippen molar-refractivity contribution in [3.8, 4) is 28.4 Å². The van der Waals surface area contributed by atoms with E-state index >= 15 is 0 Å². The Labute approximate surface area is 264 Å². The van der Waals surface area contributed by atoms with Gasteiger partial charge in [-0.15, -0.1) is 0 Å². The molecule has 2 heterocycles. The molecule has 1 aliphatic carbocycles. The molecule has 0 bridgehead atoms. The quantitative estimate of drug-likeness (QED) is 0.204. The molecule has 0 aromatic heterocycles. The van der Waals surface area contributed by atoms with Crippen LogP contribution in [0.15, 0.2) is 97.1 Å². The van der Waals surface area contributed by atoms with Crippen molar-refractivity contribution < 1.29 is 18.9 Å². The van der Waals surface area contributed by atoms with E-state index in [9.17, 15) is 0 Å². The molecule has 1 fully saturated rings. The van der Waals surface area contributed by atoms with E-state index in [-0.39, 0.29) is 5.41 Å². The molecule has 5 nitrogen and oxygen atoms in total. The number of ether oxygens (including phenoxy) is 4. The van der Waals surface area contributed by atoms with Crippen LogP contribution < -0.4 is 19.1 Å². The van der Waals surface area contributed by atoms with Crippen molar-refractivity contribution in [1.82, 2.24) is 0 Å². The largest absolute Gasteiger partial charge is 0.497 e. The smallest absolute Gasteiger partial charge is 0.178 e. The Kier molecular flexibility index (Phi) is 6.43. The highest BCUT2D eigenvalue weighted by atomic mass is 16.5. The zero-order valence-corrected chi connectivity index (χ0v) is 26.2. The Morgan fingerprint density at radius 3 is 1.98 bits per heavy atom. The third-order valence-corrected chi connectivity index (χ3v) is 9.94. The Morgan fingerprint density at radius 2 is 1.36 bits per heavy atom. The van der Waals surface area contributed by atoms with E-state index in [2.05, 4.69) is 97.6 Å². The molecule has 0 amide bonds. The molecule has 0 spiro atoms. The van der Waals surface area contributed by atoms with E-state index in [4.69, 9.17) is 18.9 Å². The second kappa shape index (κ2) is 10.4. The van der Waals surface area contributed by atoms with Gasteiger partial charge in [0, 0.05) is 46.3 Å². The summed E-state index contributed by atoms with van der Waals surface area (Å²) >= 11 is 0. The Morgan fingerprint density at radius 1 is 0.733 bits per heavy atom. The van der Waals surface area contributed by atoms with Crippen molar-refractivity contribution in [2.24, 2.45) is 0 Å². The van der Waals surface area contributed by atoms with Crippen LogP contribution in [0.3, 0.4) is 0 Å². The van der Waals surface area contributed by atoms with Crippen LogP contribution in [0, 0.1) is 0 Å². The van der Waals surface area contributed by atoms with Gasteiger partial charge in [0.1, 0.15) is 17.2 Å². The lowest BCUT2D eigenvalue weighted by Gasteiger charge is -2.38. The maximum atomic E-state index is 7.40. The molecule has 0 atom stereocenters. The Balaban J connectivity index is 1.35. The first-order valence-electron chi connectivity index (χ1n) is 15.7. The highest BCUT2D eigenvalue weighted by Crippen LogP contribution is 2.58. The van der Waals surface area contributed by atoms with Gasteiger partial charge in [0.05, 0.1) is 27.4 Å². The molecule has 5 aromatic rings. The molecule has 0 saturated carbocycles. The van der Waals surface area contributed by atoms with Gasteiger partial charge in [-0.3, -0.25) is 0 Å². The third-order valence-electron chi connectivity index (χ3n) is 9.94. The average Bonchev–Trinajstić information content (AvgIpc) is 3.34. The number of morpholine rings is 1. The average molecular weight is 596 g/mol. The molecule has 3 aliphatic rings. The van der Waals surface area contributed by atoms with Crippen LogP contribution in [0.2, 0.25) is 0 Å². The summed E-state index contributed by atoms with van der Waals surface area (Å²) < 4.78 is 24.1. The standard InChI is InChI=1S/C40H37NO4/c1-39(2)35-25-28(41-21-23-44-24-22-41)13-18-33(35)36-31-7-5-6-8-32(31)38-34(37(36)39)19-20-40(45-38,26-9-14-29(42-3)15-10-26)27-11-16-30(43-4)17-12-27/h5-20,25H,21-24H2,1-4H3. The van der Waals surface area contributed by atoms with Gasteiger partial charge < -0.3 is 23.8 Å². The van der Waals surface area contributed by atoms with Crippen LogP contribution in [0.25, 0.3) is 28.0 Å². The highest BCUT2D eigenvalue weighted by Gasteiger charge is 2.44. The lowest BCUT2D eigenvalue weighted by Crippen LogP contribution is -2.36. The number of anilines is 1. The third kappa shape index (κ3) is 4.17. The molecule has 0 unspecified atom stereocenters. The number of hydrogen-bond donors (Lipinski definition) is 0. The summed E-state index contributed by atoms with van der Waals surface area (Å²) in [4.78, 5) is 2.44. The van der Waals surface area contributed by atoms with Crippen molar-refractivity contribution in [2.75, 3.05) is 45.4 Å². The minimum absolute atomic E-state index is 0.227. The summed E-state index contributed by atoms with van der Waals surface area (Å²) in [5.41, 5.74) is 8.69. The normalized spacial score (nSPS) is 17.3. The predicted molar refractivity (Wildman–Crippen MR) is 181 cm³/mol. The van der Waals surface area contributed by atoms with Crippen LogP contribution in [-0.2, 0) is 15.8 Å². The monoisotopic (exact) mass is 595 g/mol. The van der Waals surface area contributed by atoms with E-state index in [1.54, 1.807) is 14.2 Å². The van der Waals surface area contributed by atoms with Crippen molar-refractivity contribution >= 4 is 22.5 Å². The maximum absolute atomic E-state index is 7.40. The van der Waals surface area contributed by atoms with Crippen molar-refractivity contribution in [3.63, 3.8) is 0 Å². The first-order valence-corrected chi connectivity index (χ1v) is 15.7. The zero-order valence-electron chi connectivity index (χ0n) is 26.2. The number of rotatable bonds is 5. The fraction of sp³-hybridized carbons (Fsp3) is 0.250. The maximum Gasteiger partial charge on any atom is 0.178 e. The summed E-state index contributed by atoms with van der Waals surface area (Å²) in [6.07, 6.45) is 4.53. The molecule has 2 aliphatic heterocycles. The van der Waals surface area contributed by atoms with E-state index < -0.39 is 5.60 Å². The first-order chi connectivity index (χ1) is 21.9. The van der Waals surface area contributed by atoms with Crippen molar-refractivity contribution in [3.05, 3.63) is 125 Å². The summed E-state index contributed by atoms with van der Waals surface area (Å²) in [6.45, 7) is 8.09. The van der Waals surface area contributed by atoms with E-state index in [0.717, 1.165) is 65.6 Å². The second-order valence-electron chi connectivity index (χ2n) is 12.6. The zero-order chi connectivity index (χ0) is 30.8. The van der Waals surface area contributed by atoms with Crippen molar-refractivity contribution in [2.45, 2.75) is 24.9 Å². The van der Waals surface area contributed by atoms with Gasteiger partial charge in [0.25, 0.3) is 0 Å². The van der Waals surface area contributed by atoms with Gasteiger partial charge in [-0.1, -0.05) is 74.5 Å². The summed E-state index contributed by atoms with van der Waals surface area (Å²) in [5, 5.41) is 2.33. The summed E-state index contributed by atoms with van der Waals surface area (Å²) in [6, 6.07) is 32.1. The predicted octanol–water partition coefficient (Wildman–Crippen LogP) is 8.35.